The van der Waals surface area contributed by atoms with E-state index >= 15 is 0 Å². The first kappa shape index (κ1) is 37.0. The van der Waals surface area contributed by atoms with Crippen LogP contribution in [0.3, 0.4) is 0 Å². The van der Waals surface area contributed by atoms with E-state index in [-0.39, 0.29) is 17.1 Å². The third kappa shape index (κ3) is 25.3. The molecule has 2 aromatic rings. The minimum Gasteiger partial charge on any atom is -0.418 e. The fourth-order valence-corrected chi connectivity index (χ4v) is 3.00. The van der Waals surface area contributed by atoms with Crippen molar-refractivity contribution in [2.45, 2.75) is 13.1 Å². The molecule has 2 radical (unpaired) electrons. The molecule has 37 heavy (non-hydrogen) atoms. The van der Waals surface area contributed by atoms with E-state index in [2.05, 4.69) is 56.0 Å². The molecule has 7 nitrogen and oxygen atoms in total. The normalized spacial score (nSPS) is 15.5. The van der Waals surface area contributed by atoms with Crippen LogP contribution in [-0.2, 0) is 30.2 Å². The summed E-state index contributed by atoms with van der Waals surface area (Å²) in [5.74, 6) is 0. The first-order valence-electron chi connectivity index (χ1n) is 10.7. The number of nitroso groups, excluding NO2 is 1. The Morgan fingerprint density at radius 1 is 0.676 bits per heavy atom. The Hall–Kier alpha value is -2.13. The summed E-state index contributed by atoms with van der Waals surface area (Å²) >= 11 is 0. The van der Waals surface area contributed by atoms with Gasteiger partial charge in [-0.3, -0.25) is 19.8 Å². The van der Waals surface area contributed by atoms with Gasteiger partial charge in [0.1, 0.15) is 5.59 Å². The van der Waals surface area contributed by atoms with Gasteiger partial charge in [-0.2, -0.15) is 0 Å². The van der Waals surface area contributed by atoms with Gasteiger partial charge < -0.3 is 39.4 Å². The summed E-state index contributed by atoms with van der Waals surface area (Å²) in [6.45, 7) is 8.36. The number of rotatable bonds is 4. The van der Waals surface area contributed by atoms with Gasteiger partial charge in [-0.05, 0) is 31.3 Å². The molecule has 0 aromatic carbocycles. The van der Waals surface area contributed by atoms with E-state index in [9.17, 15) is 34.5 Å². The maximum Gasteiger partial charge on any atom is 5.00 e. The van der Waals surface area contributed by atoms with Gasteiger partial charge in [0.25, 0.3) is 0 Å². The van der Waals surface area contributed by atoms with Gasteiger partial charge in [-0.1, -0.05) is 12.1 Å². The Morgan fingerprint density at radius 2 is 0.973 bits per heavy atom. The van der Waals surface area contributed by atoms with E-state index in [4.69, 9.17) is 10.5 Å². The number of pyridine rings is 2. The molecular weight excluding hydrogens is 558 g/mol. The van der Waals surface area contributed by atoms with Crippen molar-refractivity contribution in [3.63, 3.8) is 0 Å². The maximum atomic E-state index is 9.75. The monoisotopic (exact) mass is 585 g/mol. The Bertz CT molecular complexity index is 737. The van der Waals surface area contributed by atoms with E-state index in [1.165, 1.54) is 0 Å². The Labute approximate surface area is 221 Å². The molecule has 3 heterocycles. The minimum absolute atomic E-state index is 0. The smallest absolute Gasteiger partial charge is 0.418 e. The van der Waals surface area contributed by atoms with Crippen LogP contribution >= 0.6 is 0 Å². The summed E-state index contributed by atoms with van der Waals surface area (Å²) in [7, 11) is -9.79. The van der Waals surface area contributed by atoms with Crippen molar-refractivity contribution in [1.29, 1.82) is 0 Å². The number of aromatic nitrogens is 2. The zero-order valence-electron chi connectivity index (χ0n) is 19.9. The van der Waals surface area contributed by atoms with Gasteiger partial charge >= 0.3 is 31.6 Å². The Kier molecular flexibility index (Phi) is 19.9. The SMILES string of the molecule is CN1CCN(Cc2ccccn2)CCN(Cc2ccccn2)CC1.F[B-](F)(F)F.F[B-](F)(F)F.[Fe+5].[N]=O. The molecule has 0 atom stereocenters. The quantitative estimate of drug-likeness (QED) is 0.401. The van der Waals surface area contributed by atoms with Crippen molar-refractivity contribution in [2.24, 2.45) is 0 Å². The van der Waals surface area contributed by atoms with Crippen molar-refractivity contribution >= 4 is 14.5 Å². The minimum atomic E-state index is -6.00. The topological polar surface area (TPSA) is 74.9 Å². The molecule has 1 aliphatic rings. The molecule has 0 spiro atoms. The van der Waals surface area contributed by atoms with Crippen LogP contribution in [0.25, 0.3) is 0 Å². The predicted octanol–water partition coefficient (Wildman–Crippen LogP) is 3.88. The van der Waals surface area contributed by atoms with Crippen LogP contribution in [0.15, 0.2) is 48.8 Å². The molecular formula is C19H27B2F8FeN6O+3. The largest absolute Gasteiger partial charge is 5.00 e. The molecule has 2 aromatic heterocycles. The van der Waals surface area contributed by atoms with E-state index in [0.29, 0.717) is 0 Å². The molecule has 18 heteroatoms. The standard InChI is InChI=1S/C19H27N5.2BF4.Fe.NO/c1-22-10-12-23(16-18-6-2-4-8-20-18)14-15-24(13-11-22)17-19-7-3-5-9-21-19;2*2-1(3,4)5;;1-2/h2-9H,10-17H2,1H3;;;;/q;2*-1;+5;. The Morgan fingerprint density at radius 3 is 1.24 bits per heavy atom. The van der Waals surface area contributed by atoms with E-state index in [0.717, 1.165) is 63.7 Å². The summed E-state index contributed by atoms with van der Waals surface area (Å²) < 4.78 is 78.0. The van der Waals surface area contributed by atoms with Gasteiger partial charge in [0.2, 0.25) is 0 Å². The Balaban J connectivity index is 0. The van der Waals surface area contributed by atoms with Gasteiger partial charge in [-0.15, -0.1) is 4.91 Å². The van der Waals surface area contributed by atoms with Crippen LogP contribution in [0.4, 0.5) is 34.5 Å². The van der Waals surface area contributed by atoms with Crippen molar-refractivity contribution < 1.29 is 51.6 Å². The molecule has 1 fully saturated rings. The van der Waals surface area contributed by atoms with E-state index < -0.39 is 14.5 Å². The first-order chi connectivity index (χ1) is 16.8. The van der Waals surface area contributed by atoms with Crippen LogP contribution in [0, 0.1) is 4.91 Å². The number of hydrogen-bond acceptors (Lipinski definition) is 6. The zero-order chi connectivity index (χ0) is 27.6. The van der Waals surface area contributed by atoms with Gasteiger partial charge in [0, 0.05) is 64.8 Å². The second-order valence-corrected chi connectivity index (χ2v) is 7.49. The predicted molar refractivity (Wildman–Crippen MR) is 122 cm³/mol. The van der Waals surface area contributed by atoms with Crippen molar-refractivity contribution in [3.05, 3.63) is 65.1 Å². The van der Waals surface area contributed by atoms with Gasteiger partial charge in [0.15, 0.2) is 0 Å². The zero-order valence-corrected chi connectivity index (χ0v) is 21.0. The summed E-state index contributed by atoms with van der Waals surface area (Å²) in [6, 6.07) is 12.3. The van der Waals surface area contributed by atoms with E-state index in [1.807, 2.05) is 24.5 Å². The molecule has 1 aliphatic heterocycles. The fraction of sp³-hybridized carbons (Fsp3) is 0.474. The van der Waals surface area contributed by atoms with Crippen LogP contribution in [0.5, 0.6) is 0 Å². The first-order valence-corrected chi connectivity index (χ1v) is 10.7. The van der Waals surface area contributed by atoms with Crippen LogP contribution < -0.4 is 5.59 Å². The maximum absolute atomic E-state index is 9.75. The summed E-state index contributed by atoms with van der Waals surface area (Å²) in [5.41, 5.74) is 8.05. The third-order valence-electron chi connectivity index (χ3n) is 4.55. The second-order valence-electron chi connectivity index (χ2n) is 7.49. The molecule has 1 saturated heterocycles. The number of hydrogen-bond donors (Lipinski definition) is 0. The molecule has 206 valence electrons. The third-order valence-corrected chi connectivity index (χ3v) is 4.55. The molecule has 0 unspecified atom stereocenters. The van der Waals surface area contributed by atoms with Crippen LogP contribution in [-0.4, -0.2) is 85.5 Å². The van der Waals surface area contributed by atoms with E-state index in [1.54, 1.807) is 0 Å². The molecule has 0 saturated carbocycles. The molecule has 0 aliphatic carbocycles. The molecule has 0 bridgehead atoms. The average molecular weight is 585 g/mol. The van der Waals surface area contributed by atoms with Gasteiger partial charge in [-0.25, -0.2) is 0 Å². The summed E-state index contributed by atoms with van der Waals surface area (Å²) in [4.78, 5) is 23.6. The molecule has 3 rings (SSSR count). The van der Waals surface area contributed by atoms with Gasteiger partial charge in [0.05, 0.1) is 11.4 Å². The summed E-state index contributed by atoms with van der Waals surface area (Å²) in [6.07, 6.45) is 3.76. The van der Waals surface area contributed by atoms with Crippen LogP contribution in [0.2, 0.25) is 0 Å². The average Bonchev–Trinajstić information content (AvgIpc) is 2.87. The van der Waals surface area contributed by atoms with Crippen molar-refractivity contribution in [1.82, 2.24) is 30.3 Å². The van der Waals surface area contributed by atoms with Crippen LogP contribution in [0.1, 0.15) is 11.4 Å². The van der Waals surface area contributed by atoms with Crippen molar-refractivity contribution in [2.75, 3.05) is 46.3 Å². The number of nitrogens with zero attached hydrogens (tertiary/aromatic N) is 6. The fourth-order valence-electron chi connectivity index (χ4n) is 3.00. The molecule has 0 amide bonds. The van der Waals surface area contributed by atoms with Crippen molar-refractivity contribution in [3.8, 4) is 0 Å². The number of halogens is 8. The molecule has 0 N–H and O–H groups in total. The second kappa shape index (κ2) is 19.9. The number of likely N-dealkylation sites (N-methyl/N-ethyl adjacent to an activating group) is 1. The summed E-state index contributed by atoms with van der Waals surface area (Å²) in [5, 5.41) is 0.